The molecule has 0 aromatic carbocycles. The molecule has 1 fully saturated rings. The van der Waals surface area contributed by atoms with Crippen LogP contribution in [-0.2, 0) is 4.79 Å². The third-order valence-corrected chi connectivity index (χ3v) is 4.16. The Balaban J connectivity index is 2.63. The summed E-state index contributed by atoms with van der Waals surface area (Å²) in [5, 5.41) is 11.6. The molecule has 0 aromatic rings. The number of nitrogens with zero attached hydrogens (tertiary/aromatic N) is 1. The molecule has 1 atom stereocenters. The van der Waals surface area contributed by atoms with Crippen LogP contribution in [0.15, 0.2) is 0 Å². The highest BCUT2D eigenvalue weighted by molar-refractivity contribution is 5.84. The van der Waals surface area contributed by atoms with Crippen LogP contribution in [0.5, 0.6) is 0 Å². The Bertz CT molecular complexity index is 298. The third-order valence-electron chi connectivity index (χ3n) is 4.16. The summed E-state index contributed by atoms with van der Waals surface area (Å²) in [7, 11) is 0. The number of nitrogens with one attached hydrogen (secondary N) is 1. The van der Waals surface area contributed by atoms with Gasteiger partial charge in [0.2, 0.25) is 5.91 Å². The van der Waals surface area contributed by atoms with Gasteiger partial charge >= 0.3 is 0 Å². The molecule has 1 saturated carbocycles. The molecule has 3 heteroatoms. The Kier molecular flexibility index (Phi) is 2.82. The van der Waals surface area contributed by atoms with Gasteiger partial charge in [0.1, 0.15) is 6.04 Å². The molecule has 0 radical (unpaired) electrons. The molecule has 3 nitrogen and oxygen atoms in total. The monoisotopic (exact) mass is 208 g/mol. The Labute approximate surface area is 91.9 Å². The lowest BCUT2D eigenvalue weighted by Crippen LogP contribution is -2.35. The van der Waals surface area contributed by atoms with Crippen LogP contribution in [0.4, 0.5) is 0 Å². The molecule has 0 aromatic heterocycles. The second kappa shape index (κ2) is 3.52. The van der Waals surface area contributed by atoms with E-state index in [9.17, 15) is 4.79 Å². The number of carbonyl (C=O) groups excluding carboxylic acids is 1. The third kappa shape index (κ3) is 1.73. The summed E-state index contributed by atoms with van der Waals surface area (Å²) in [4.78, 5) is 11.9. The van der Waals surface area contributed by atoms with Gasteiger partial charge in [-0.15, -0.1) is 0 Å². The van der Waals surface area contributed by atoms with Gasteiger partial charge in [0.05, 0.1) is 6.07 Å². The molecule has 0 saturated heterocycles. The van der Waals surface area contributed by atoms with Crippen molar-refractivity contribution in [3.63, 3.8) is 0 Å². The van der Waals surface area contributed by atoms with Gasteiger partial charge in [0.25, 0.3) is 0 Å². The summed E-state index contributed by atoms with van der Waals surface area (Å²) in [6.45, 7) is 10.3. The highest BCUT2D eigenvalue weighted by atomic mass is 16.2. The zero-order chi connectivity index (χ0) is 11.9. The fourth-order valence-electron chi connectivity index (χ4n) is 2.33. The number of carbonyl (C=O) groups is 1. The van der Waals surface area contributed by atoms with Crippen LogP contribution in [0, 0.1) is 28.1 Å². The Hall–Kier alpha value is -1.04. The van der Waals surface area contributed by atoms with Crippen molar-refractivity contribution in [1.29, 1.82) is 5.26 Å². The topological polar surface area (TPSA) is 52.9 Å². The summed E-state index contributed by atoms with van der Waals surface area (Å²) >= 11 is 0. The summed E-state index contributed by atoms with van der Waals surface area (Å²) in [5.41, 5.74) is 0.0929. The van der Waals surface area contributed by atoms with E-state index in [1.807, 2.05) is 6.92 Å². The van der Waals surface area contributed by atoms with Crippen molar-refractivity contribution in [2.24, 2.45) is 16.7 Å². The largest absolute Gasteiger partial charge is 0.340 e. The minimum atomic E-state index is -0.343. The first-order valence-electron chi connectivity index (χ1n) is 5.49. The molecule has 84 valence electrons. The van der Waals surface area contributed by atoms with E-state index in [0.717, 1.165) is 0 Å². The average Bonchev–Trinajstić information content (AvgIpc) is 2.53. The van der Waals surface area contributed by atoms with Gasteiger partial charge in [-0.25, -0.2) is 0 Å². The van der Waals surface area contributed by atoms with Crippen LogP contribution in [0.25, 0.3) is 0 Å². The average molecular weight is 208 g/mol. The van der Waals surface area contributed by atoms with E-state index >= 15 is 0 Å². The normalized spacial score (nSPS) is 24.0. The molecule has 1 aliphatic rings. The second-order valence-electron chi connectivity index (χ2n) is 5.47. The van der Waals surface area contributed by atoms with Gasteiger partial charge in [0, 0.05) is 5.92 Å². The van der Waals surface area contributed by atoms with Crippen molar-refractivity contribution >= 4 is 5.91 Å². The zero-order valence-electron chi connectivity index (χ0n) is 10.2. The van der Waals surface area contributed by atoms with Crippen LogP contribution in [-0.4, -0.2) is 11.9 Å². The van der Waals surface area contributed by atoms with Crippen molar-refractivity contribution in [2.75, 3.05) is 0 Å². The Morgan fingerprint density at radius 3 is 2.13 bits per heavy atom. The van der Waals surface area contributed by atoms with Gasteiger partial charge in [-0.2, -0.15) is 5.26 Å². The van der Waals surface area contributed by atoms with Gasteiger partial charge < -0.3 is 5.32 Å². The highest BCUT2D eigenvalue weighted by Gasteiger charge is 2.68. The van der Waals surface area contributed by atoms with Crippen LogP contribution >= 0.6 is 0 Å². The lowest BCUT2D eigenvalue weighted by Gasteiger charge is -2.09. The maximum absolute atomic E-state index is 11.9. The number of hydrogen-bond acceptors (Lipinski definition) is 2. The summed E-state index contributed by atoms with van der Waals surface area (Å²) in [5.74, 6) is 0.0609. The van der Waals surface area contributed by atoms with Crippen LogP contribution in [0.2, 0.25) is 0 Å². The molecule has 1 unspecified atom stereocenters. The van der Waals surface area contributed by atoms with Crippen LogP contribution in [0.3, 0.4) is 0 Å². The molecular formula is C12H20N2O. The van der Waals surface area contributed by atoms with E-state index in [1.165, 1.54) is 0 Å². The Morgan fingerprint density at radius 2 is 1.87 bits per heavy atom. The Morgan fingerprint density at radius 1 is 1.40 bits per heavy atom. The minimum Gasteiger partial charge on any atom is -0.340 e. The summed E-state index contributed by atoms with van der Waals surface area (Å²) in [6.07, 6.45) is 0.663. The molecule has 1 aliphatic carbocycles. The van der Waals surface area contributed by atoms with Crippen molar-refractivity contribution in [1.82, 2.24) is 5.32 Å². The maximum atomic E-state index is 11.9. The molecular weight excluding hydrogens is 188 g/mol. The van der Waals surface area contributed by atoms with E-state index in [1.54, 1.807) is 0 Å². The van der Waals surface area contributed by atoms with Crippen LogP contribution in [0.1, 0.15) is 41.0 Å². The minimum absolute atomic E-state index is 0.0263. The van der Waals surface area contributed by atoms with Crippen molar-refractivity contribution in [3.05, 3.63) is 0 Å². The smallest absolute Gasteiger partial charge is 0.225 e. The van der Waals surface area contributed by atoms with Gasteiger partial charge in [-0.05, 0) is 17.3 Å². The lowest BCUT2D eigenvalue weighted by atomic mass is 10.0. The lowest BCUT2D eigenvalue weighted by molar-refractivity contribution is -0.123. The summed E-state index contributed by atoms with van der Waals surface area (Å²) in [6, 6.07) is 1.75. The molecule has 1 amide bonds. The fourth-order valence-corrected chi connectivity index (χ4v) is 2.33. The molecule has 0 aliphatic heterocycles. The standard InChI is InChI=1S/C12H20N2O/c1-6-8(7-13)14-10(15)9-11(2,3)12(9,4)5/h8-9H,6H2,1-5H3,(H,14,15). The van der Waals surface area contributed by atoms with Crippen molar-refractivity contribution < 1.29 is 4.79 Å². The van der Waals surface area contributed by atoms with Gasteiger partial charge in [-0.3, -0.25) is 4.79 Å². The predicted octanol–water partition coefficient (Wildman–Crippen LogP) is 2.09. The highest BCUT2D eigenvalue weighted by Crippen LogP contribution is 2.68. The fraction of sp³-hybridized carbons (Fsp3) is 0.833. The van der Waals surface area contributed by atoms with E-state index in [0.29, 0.717) is 6.42 Å². The van der Waals surface area contributed by atoms with Crippen LogP contribution < -0.4 is 5.32 Å². The van der Waals surface area contributed by atoms with Gasteiger partial charge in [-0.1, -0.05) is 34.6 Å². The van der Waals surface area contributed by atoms with Crippen molar-refractivity contribution in [2.45, 2.75) is 47.1 Å². The molecule has 1 rings (SSSR count). The van der Waals surface area contributed by atoms with E-state index in [4.69, 9.17) is 5.26 Å². The van der Waals surface area contributed by atoms with E-state index < -0.39 is 0 Å². The molecule has 15 heavy (non-hydrogen) atoms. The zero-order valence-corrected chi connectivity index (χ0v) is 10.2. The predicted molar refractivity (Wildman–Crippen MR) is 58.9 cm³/mol. The number of hydrogen-bond donors (Lipinski definition) is 1. The number of rotatable bonds is 3. The van der Waals surface area contributed by atoms with Crippen molar-refractivity contribution in [3.8, 4) is 6.07 Å². The first-order valence-corrected chi connectivity index (χ1v) is 5.49. The maximum Gasteiger partial charge on any atom is 0.225 e. The first-order chi connectivity index (χ1) is 6.79. The SMILES string of the molecule is CCC(C#N)NC(=O)C1C(C)(C)C1(C)C. The summed E-state index contributed by atoms with van der Waals surface area (Å²) < 4.78 is 0. The van der Waals surface area contributed by atoms with Gasteiger partial charge in [0.15, 0.2) is 0 Å². The molecule has 0 heterocycles. The second-order valence-corrected chi connectivity index (χ2v) is 5.47. The van der Waals surface area contributed by atoms with E-state index in [-0.39, 0.29) is 28.7 Å². The van der Waals surface area contributed by atoms with E-state index in [2.05, 4.69) is 39.1 Å². The number of amides is 1. The molecule has 1 N–H and O–H groups in total. The first kappa shape index (κ1) is 12.0. The molecule has 0 bridgehead atoms. The molecule has 0 spiro atoms. The quantitative estimate of drug-likeness (QED) is 0.772. The number of nitriles is 1.